The van der Waals surface area contributed by atoms with E-state index >= 15 is 4.39 Å². The number of carboxylic acids is 1. The molecule has 0 radical (unpaired) electrons. The van der Waals surface area contributed by atoms with Gasteiger partial charge in [0, 0.05) is 30.1 Å². The van der Waals surface area contributed by atoms with Crippen LogP contribution in [0.5, 0.6) is 5.75 Å². The fourth-order valence-electron chi connectivity index (χ4n) is 4.87. The van der Waals surface area contributed by atoms with Crippen molar-refractivity contribution in [1.29, 1.82) is 0 Å². The summed E-state index contributed by atoms with van der Waals surface area (Å²) < 4.78 is 34.4. The van der Waals surface area contributed by atoms with Gasteiger partial charge >= 0.3 is 5.97 Å². The maximum Gasteiger partial charge on any atom is 0.303 e. The number of hydrogen-bond acceptors (Lipinski definition) is 5. The normalized spacial score (nSPS) is 19.0. The SMILES string of the molecule is COc1ccc2ncc(Cl)c(C(F)CCC3CCN(CC#Cc4sccc4F)CC3CC(=O)O)c2c1. The van der Waals surface area contributed by atoms with E-state index in [0.29, 0.717) is 46.6 Å². The van der Waals surface area contributed by atoms with Crippen molar-refractivity contribution in [2.45, 2.75) is 31.9 Å². The highest BCUT2D eigenvalue weighted by Gasteiger charge is 2.31. The van der Waals surface area contributed by atoms with Crippen LogP contribution in [0.25, 0.3) is 10.9 Å². The predicted octanol–water partition coefficient (Wildman–Crippen LogP) is 6.35. The van der Waals surface area contributed by atoms with Gasteiger partial charge in [-0.3, -0.25) is 14.7 Å². The summed E-state index contributed by atoms with van der Waals surface area (Å²) >= 11 is 7.62. The standard InChI is InChI=1S/C27H27ClF2N2O3S/c1-35-19-5-7-24-20(14-19)27(21(28)15-31-24)23(30)6-4-17-8-11-32(16-18(17)13-26(33)34)10-2-3-25-22(29)9-12-36-25/h5,7,9,12,14-15,17-18,23H,4,6,8,10-11,13,16H2,1H3,(H,33,34). The molecular weight excluding hydrogens is 506 g/mol. The number of carboxylic acid groups (broad SMARTS) is 1. The Labute approximate surface area is 218 Å². The minimum atomic E-state index is -1.31. The number of thiophene rings is 1. The van der Waals surface area contributed by atoms with Gasteiger partial charge in [-0.05, 0) is 67.3 Å². The number of likely N-dealkylation sites (tertiary alicyclic amines) is 1. The first-order valence-electron chi connectivity index (χ1n) is 11.8. The van der Waals surface area contributed by atoms with E-state index in [9.17, 15) is 14.3 Å². The van der Waals surface area contributed by atoms with Gasteiger partial charge in [-0.2, -0.15) is 0 Å². The van der Waals surface area contributed by atoms with Crippen LogP contribution in [0.3, 0.4) is 0 Å². The van der Waals surface area contributed by atoms with Crippen molar-refractivity contribution >= 4 is 39.8 Å². The lowest BCUT2D eigenvalue weighted by molar-refractivity contribution is -0.139. The molecule has 1 saturated heterocycles. The molecule has 0 aliphatic carbocycles. The first kappa shape index (κ1) is 26.3. The van der Waals surface area contributed by atoms with Gasteiger partial charge in [0.1, 0.15) is 22.6 Å². The van der Waals surface area contributed by atoms with Crippen LogP contribution in [-0.4, -0.2) is 47.7 Å². The highest BCUT2D eigenvalue weighted by atomic mass is 35.5. The third-order valence-corrected chi connectivity index (χ3v) is 7.81. The Morgan fingerprint density at radius 1 is 1.39 bits per heavy atom. The second-order valence-electron chi connectivity index (χ2n) is 8.99. The summed E-state index contributed by atoms with van der Waals surface area (Å²) in [6.07, 6.45) is 1.69. The number of halogens is 3. The number of nitrogens with zero attached hydrogens (tertiary/aromatic N) is 2. The molecule has 1 aliphatic heterocycles. The molecule has 0 bridgehead atoms. The molecule has 1 aromatic carbocycles. The number of methoxy groups -OCH3 is 1. The van der Waals surface area contributed by atoms with Gasteiger partial charge < -0.3 is 9.84 Å². The lowest BCUT2D eigenvalue weighted by Crippen LogP contribution is -2.41. The molecule has 2 aromatic heterocycles. The Morgan fingerprint density at radius 2 is 2.22 bits per heavy atom. The lowest BCUT2D eigenvalue weighted by atomic mass is 9.79. The van der Waals surface area contributed by atoms with Crippen molar-refractivity contribution in [2.75, 3.05) is 26.7 Å². The van der Waals surface area contributed by atoms with Gasteiger partial charge in [-0.25, -0.2) is 8.78 Å². The summed E-state index contributed by atoms with van der Waals surface area (Å²) in [5, 5.41) is 12.0. The molecule has 190 valence electrons. The number of benzene rings is 1. The van der Waals surface area contributed by atoms with E-state index in [0.717, 1.165) is 13.0 Å². The Balaban J connectivity index is 1.42. The summed E-state index contributed by atoms with van der Waals surface area (Å²) in [5.74, 6) is 5.21. The highest BCUT2D eigenvalue weighted by molar-refractivity contribution is 7.10. The molecular formula is C27H27ClF2N2O3S. The van der Waals surface area contributed by atoms with Crippen LogP contribution in [0.15, 0.2) is 35.8 Å². The highest BCUT2D eigenvalue weighted by Crippen LogP contribution is 2.39. The zero-order chi connectivity index (χ0) is 25.7. The summed E-state index contributed by atoms with van der Waals surface area (Å²) in [5.41, 5.74) is 1.03. The monoisotopic (exact) mass is 532 g/mol. The van der Waals surface area contributed by atoms with Crippen molar-refractivity contribution < 1.29 is 23.4 Å². The molecule has 5 nitrogen and oxygen atoms in total. The first-order valence-corrected chi connectivity index (χ1v) is 13.0. The van der Waals surface area contributed by atoms with E-state index in [1.54, 1.807) is 30.7 Å². The van der Waals surface area contributed by atoms with E-state index in [2.05, 4.69) is 21.7 Å². The van der Waals surface area contributed by atoms with Gasteiger partial charge in [-0.15, -0.1) is 11.3 Å². The molecule has 3 heterocycles. The molecule has 1 fully saturated rings. The van der Waals surface area contributed by atoms with Crippen LogP contribution in [0.4, 0.5) is 8.78 Å². The number of aromatic nitrogens is 1. The number of pyridine rings is 1. The second kappa shape index (κ2) is 12.0. The van der Waals surface area contributed by atoms with Crippen LogP contribution in [0.2, 0.25) is 5.02 Å². The molecule has 9 heteroatoms. The average Bonchev–Trinajstić information content (AvgIpc) is 3.27. The van der Waals surface area contributed by atoms with Gasteiger partial charge in [-0.1, -0.05) is 23.4 Å². The zero-order valence-corrected chi connectivity index (χ0v) is 21.4. The Morgan fingerprint density at radius 3 is 2.94 bits per heavy atom. The smallest absolute Gasteiger partial charge is 0.303 e. The van der Waals surface area contributed by atoms with Gasteiger partial charge in [0.25, 0.3) is 0 Å². The number of alkyl halides is 1. The maximum absolute atomic E-state index is 15.6. The second-order valence-corrected chi connectivity index (χ2v) is 10.3. The fourth-order valence-corrected chi connectivity index (χ4v) is 5.77. The molecule has 3 unspecified atom stereocenters. The summed E-state index contributed by atoms with van der Waals surface area (Å²) in [7, 11) is 1.55. The van der Waals surface area contributed by atoms with E-state index in [4.69, 9.17) is 16.3 Å². The topological polar surface area (TPSA) is 62.7 Å². The van der Waals surface area contributed by atoms with Crippen molar-refractivity contribution in [3.63, 3.8) is 0 Å². The van der Waals surface area contributed by atoms with E-state index in [1.807, 2.05) is 0 Å². The number of aliphatic carboxylic acids is 1. The number of fused-ring (bicyclic) bond motifs is 1. The number of carbonyl (C=O) groups is 1. The van der Waals surface area contributed by atoms with Gasteiger partial charge in [0.15, 0.2) is 0 Å². The van der Waals surface area contributed by atoms with Crippen molar-refractivity contribution in [2.24, 2.45) is 11.8 Å². The first-order chi connectivity index (χ1) is 17.4. The lowest BCUT2D eigenvalue weighted by Gasteiger charge is -2.37. The molecule has 3 atom stereocenters. The molecule has 3 aromatic rings. The van der Waals surface area contributed by atoms with E-state index < -0.39 is 12.1 Å². The zero-order valence-electron chi connectivity index (χ0n) is 19.8. The van der Waals surface area contributed by atoms with E-state index in [-0.39, 0.29) is 35.5 Å². The number of rotatable bonds is 8. The summed E-state index contributed by atoms with van der Waals surface area (Å²) in [4.78, 5) is 18.3. The van der Waals surface area contributed by atoms with Crippen LogP contribution < -0.4 is 4.74 Å². The summed E-state index contributed by atoms with van der Waals surface area (Å²) in [6, 6.07) is 6.67. The molecule has 1 aliphatic rings. The quantitative estimate of drug-likeness (QED) is 0.342. The van der Waals surface area contributed by atoms with Crippen LogP contribution in [0, 0.1) is 29.5 Å². The van der Waals surface area contributed by atoms with Crippen molar-refractivity contribution in [3.05, 3.63) is 57.1 Å². The minimum absolute atomic E-state index is 0.0151. The van der Waals surface area contributed by atoms with Crippen LogP contribution in [-0.2, 0) is 4.79 Å². The number of hydrogen-bond donors (Lipinski definition) is 1. The van der Waals surface area contributed by atoms with Crippen molar-refractivity contribution in [3.8, 4) is 17.6 Å². The number of piperidine rings is 1. The fraction of sp³-hybridized carbons (Fsp3) is 0.407. The number of ether oxygens (including phenoxy) is 1. The molecule has 1 N–H and O–H groups in total. The third-order valence-electron chi connectivity index (χ3n) is 6.71. The predicted molar refractivity (Wildman–Crippen MR) is 138 cm³/mol. The molecule has 4 rings (SSSR count). The average molecular weight is 533 g/mol. The molecule has 0 saturated carbocycles. The molecule has 0 amide bonds. The van der Waals surface area contributed by atoms with Crippen LogP contribution in [0.1, 0.15) is 42.3 Å². The van der Waals surface area contributed by atoms with Gasteiger partial charge in [0.2, 0.25) is 0 Å². The van der Waals surface area contributed by atoms with Crippen molar-refractivity contribution in [1.82, 2.24) is 9.88 Å². The largest absolute Gasteiger partial charge is 0.497 e. The summed E-state index contributed by atoms with van der Waals surface area (Å²) in [6.45, 7) is 1.73. The minimum Gasteiger partial charge on any atom is -0.497 e. The Hall–Kier alpha value is -2.73. The molecule has 0 spiro atoms. The Kier molecular flexibility index (Phi) is 8.78. The van der Waals surface area contributed by atoms with Crippen LogP contribution >= 0.6 is 22.9 Å². The van der Waals surface area contributed by atoms with E-state index in [1.165, 1.54) is 23.6 Å². The molecule has 36 heavy (non-hydrogen) atoms. The third kappa shape index (κ3) is 6.33. The maximum atomic E-state index is 15.6. The van der Waals surface area contributed by atoms with Gasteiger partial charge in [0.05, 0.1) is 24.2 Å². The Bertz CT molecular complexity index is 1290.